The number of nitrogens with two attached hydrogens (primary N) is 1. The van der Waals surface area contributed by atoms with E-state index in [1.54, 1.807) is 0 Å². The van der Waals surface area contributed by atoms with E-state index in [2.05, 4.69) is 10.6 Å². The Hall–Kier alpha value is -1.14. The quantitative estimate of drug-likeness (QED) is 0.559. The fraction of sp³-hybridized carbons (Fsp3) is 0.833. The van der Waals surface area contributed by atoms with Crippen LogP contribution < -0.4 is 16.4 Å². The molecule has 6 heteroatoms. The van der Waals surface area contributed by atoms with Crippen LogP contribution in [-0.4, -0.2) is 43.2 Å². The van der Waals surface area contributed by atoms with Gasteiger partial charge < -0.3 is 21.1 Å². The normalized spacial score (nSPS) is 24.8. The van der Waals surface area contributed by atoms with Gasteiger partial charge in [0.2, 0.25) is 11.8 Å². The molecule has 4 N–H and O–H groups in total. The van der Waals surface area contributed by atoms with Gasteiger partial charge in [-0.1, -0.05) is 0 Å². The van der Waals surface area contributed by atoms with Crippen molar-refractivity contribution in [3.05, 3.63) is 0 Å². The Labute approximate surface area is 107 Å². The van der Waals surface area contributed by atoms with Gasteiger partial charge in [0.1, 0.15) is 0 Å². The SMILES string of the molecule is NC(=O)C(CC(=O)NC1CC1)NCC1CCCO1. The van der Waals surface area contributed by atoms with E-state index >= 15 is 0 Å². The van der Waals surface area contributed by atoms with Gasteiger partial charge in [0.15, 0.2) is 0 Å². The number of hydrogen-bond donors (Lipinski definition) is 3. The molecule has 0 aromatic rings. The van der Waals surface area contributed by atoms with Crippen LogP contribution in [0.2, 0.25) is 0 Å². The highest BCUT2D eigenvalue weighted by Gasteiger charge is 2.26. The molecule has 1 heterocycles. The summed E-state index contributed by atoms with van der Waals surface area (Å²) < 4.78 is 5.45. The standard InChI is InChI=1S/C12H21N3O3/c13-12(17)10(6-11(16)15-8-3-4-8)14-7-9-2-1-5-18-9/h8-10,14H,1-7H2,(H2,13,17)(H,15,16). The number of primary amides is 1. The summed E-state index contributed by atoms with van der Waals surface area (Å²) in [6, 6.07) is -0.294. The van der Waals surface area contributed by atoms with Crippen molar-refractivity contribution in [2.24, 2.45) is 5.73 Å². The first-order valence-corrected chi connectivity index (χ1v) is 6.59. The van der Waals surface area contributed by atoms with Crippen LogP contribution in [0.5, 0.6) is 0 Å². The van der Waals surface area contributed by atoms with Gasteiger partial charge in [-0.05, 0) is 25.7 Å². The van der Waals surface area contributed by atoms with Gasteiger partial charge in [0, 0.05) is 19.2 Å². The number of amides is 2. The van der Waals surface area contributed by atoms with Gasteiger partial charge in [0.25, 0.3) is 0 Å². The van der Waals surface area contributed by atoms with Crippen LogP contribution in [0, 0.1) is 0 Å². The van der Waals surface area contributed by atoms with Crippen LogP contribution in [0.15, 0.2) is 0 Å². The molecule has 18 heavy (non-hydrogen) atoms. The van der Waals surface area contributed by atoms with Gasteiger partial charge in [-0.15, -0.1) is 0 Å². The molecule has 0 bridgehead atoms. The van der Waals surface area contributed by atoms with Crippen LogP contribution in [-0.2, 0) is 14.3 Å². The first-order valence-electron chi connectivity index (χ1n) is 6.59. The lowest BCUT2D eigenvalue weighted by atomic mass is 10.1. The van der Waals surface area contributed by atoms with E-state index in [9.17, 15) is 9.59 Å². The van der Waals surface area contributed by atoms with Crippen molar-refractivity contribution in [1.29, 1.82) is 0 Å². The summed E-state index contributed by atoms with van der Waals surface area (Å²) in [4.78, 5) is 22.9. The Kier molecular flexibility index (Phi) is 4.54. The highest BCUT2D eigenvalue weighted by molar-refractivity contribution is 5.87. The number of ether oxygens (including phenoxy) is 1. The zero-order valence-electron chi connectivity index (χ0n) is 10.5. The fourth-order valence-corrected chi connectivity index (χ4v) is 2.05. The molecular formula is C12H21N3O3. The van der Waals surface area contributed by atoms with E-state index in [-0.39, 0.29) is 18.4 Å². The Bertz CT molecular complexity index is 312. The summed E-state index contributed by atoms with van der Waals surface area (Å²) in [6.45, 7) is 1.35. The number of carbonyl (C=O) groups excluding carboxylic acids is 2. The van der Waals surface area contributed by atoms with Crippen LogP contribution >= 0.6 is 0 Å². The van der Waals surface area contributed by atoms with Crippen molar-refractivity contribution in [3.63, 3.8) is 0 Å². The van der Waals surface area contributed by atoms with Crippen molar-refractivity contribution in [2.75, 3.05) is 13.2 Å². The number of hydrogen-bond acceptors (Lipinski definition) is 4. The molecule has 1 saturated heterocycles. The molecule has 2 fully saturated rings. The summed E-state index contributed by atoms with van der Waals surface area (Å²) in [5.41, 5.74) is 5.29. The van der Waals surface area contributed by atoms with Crippen LogP contribution in [0.25, 0.3) is 0 Å². The molecule has 0 spiro atoms. The van der Waals surface area contributed by atoms with Gasteiger partial charge >= 0.3 is 0 Å². The predicted octanol–water partition coefficient (Wildman–Crippen LogP) is -0.722. The highest BCUT2D eigenvalue weighted by Crippen LogP contribution is 2.18. The number of rotatable bonds is 7. The largest absolute Gasteiger partial charge is 0.377 e. The average molecular weight is 255 g/mol. The third-order valence-electron chi connectivity index (χ3n) is 3.29. The number of nitrogens with one attached hydrogen (secondary N) is 2. The molecule has 2 unspecified atom stereocenters. The zero-order chi connectivity index (χ0) is 13.0. The van der Waals surface area contributed by atoms with Crippen molar-refractivity contribution >= 4 is 11.8 Å². The van der Waals surface area contributed by atoms with Gasteiger partial charge in [-0.3, -0.25) is 9.59 Å². The number of carbonyl (C=O) groups is 2. The lowest BCUT2D eigenvalue weighted by Crippen LogP contribution is -2.47. The summed E-state index contributed by atoms with van der Waals surface area (Å²) in [6.07, 6.45) is 4.37. The molecule has 1 aliphatic heterocycles. The molecule has 0 radical (unpaired) electrons. The summed E-state index contributed by atoms with van der Waals surface area (Å²) >= 11 is 0. The Morgan fingerprint density at radius 2 is 2.11 bits per heavy atom. The minimum absolute atomic E-state index is 0.110. The lowest BCUT2D eigenvalue weighted by molar-refractivity contribution is -0.127. The highest BCUT2D eigenvalue weighted by atomic mass is 16.5. The molecule has 0 aromatic heterocycles. The van der Waals surface area contributed by atoms with Crippen molar-refractivity contribution in [2.45, 2.75) is 50.3 Å². The molecule has 6 nitrogen and oxygen atoms in total. The van der Waals surface area contributed by atoms with Crippen molar-refractivity contribution in [3.8, 4) is 0 Å². The fourth-order valence-electron chi connectivity index (χ4n) is 2.05. The molecule has 2 amide bonds. The molecule has 102 valence electrons. The monoisotopic (exact) mass is 255 g/mol. The average Bonchev–Trinajstić information content (AvgIpc) is 2.96. The summed E-state index contributed by atoms with van der Waals surface area (Å²) in [5, 5.41) is 5.87. The van der Waals surface area contributed by atoms with Crippen LogP contribution in [0.1, 0.15) is 32.1 Å². The van der Waals surface area contributed by atoms with E-state index in [1.807, 2.05) is 0 Å². The summed E-state index contributed by atoms with van der Waals surface area (Å²) in [7, 11) is 0. The van der Waals surface area contributed by atoms with Crippen molar-refractivity contribution < 1.29 is 14.3 Å². The van der Waals surface area contributed by atoms with Crippen LogP contribution in [0.3, 0.4) is 0 Å². The topological polar surface area (TPSA) is 93.5 Å². The molecule has 2 atom stereocenters. The van der Waals surface area contributed by atoms with Crippen LogP contribution in [0.4, 0.5) is 0 Å². The maximum absolute atomic E-state index is 11.6. The Morgan fingerprint density at radius 3 is 2.67 bits per heavy atom. The third-order valence-corrected chi connectivity index (χ3v) is 3.29. The molecular weight excluding hydrogens is 234 g/mol. The Morgan fingerprint density at radius 1 is 1.33 bits per heavy atom. The summed E-state index contributed by atoms with van der Waals surface area (Å²) in [5.74, 6) is -0.597. The zero-order valence-corrected chi connectivity index (χ0v) is 10.5. The second-order valence-corrected chi connectivity index (χ2v) is 5.04. The first-order chi connectivity index (χ1) is 8.65. The Balaban J connectivity index is 1.71. The van der Waals surface area contributed by atoms with E-state index in [4.69, 9.17) is 10.5 Å². The maximum atomic E-state index is 11.6. The molecule has 2 rings (SSSR count). The molecule has 0 aromatic carbocycles. The van der Waals surface area contributed by atoms with Crippen molar-refractivity contribution in [1.82, 2.24) is 10.6 Å². The van der Waals surface area contributed by atoms with Gasteiger partial charge in [-0.25, -0.2) is 0 Å². The second-order valence-electron chi connectivity index (χ2n) is 5.04. The smallest absolute Gasteiger partial charge is 0.235 e. The van der Waals surface area contributed by atoms with E-state index in [1.165, 1.54) is 0 Å². The second kappa shape index (κ2) is 6.15. The van der Waals surface area contributed by atoms with E-state index in [0.29, 0.717) is 12.6 Å². The van der Waals surface area contributed by atoms with Gasteiger partial charge in [0.05, 0.1) is 18.6 Å². The maximum Gasteiger partial charge on any atom is 0.235 e. The molecule has 1 aliphatic carbocycles. The third kappa shape index (κ3) is 4.27. The minimum atomic E-state index is -0.604. The van der Waals surface area contributed by atoms with E-state index < -0.39 is 11.9 Å². The first kappa shape index (κ1) is 13.3. The van der Waals surface area contributed by atoms with Gasteiger partial charge in [-0.2, -0.15) is 0 Å². The molecule has 1 saturated carbocycles. The van der Waals surface area contributed by atoms with E-state index in [0.717, 1.165) is 32.3 Å². The minimum Gasteiger partial charge on any atom is -0.377 e. The lowest BCUT2D eigenvalue weighted by Gasteiger charge is -2.17. The predicted molar refractivity (Wildman–Crippen MR) is 65.7 cm³/mol. The molecule has 2 aliphatic rings.